The average Bonchev–Trinajstić information content (AvgIpc) is 3.04. The zero-order valence-electron chi connectivity index (χ0n) is 11.1. The molecule has 0 radical (unpaired) electrons. The van der Waals surface area contributed by atoms with Gasteiger partial charge in [-0.15, -0.1) is 11.3 Å². The van der Waals surface area contributed by atoms with Crippen molar-refractivity contribution in [1.29, 1.82) is 0 Å². The molecule has 2 aromatic heterocycles. The first-order chi connectivity index (χ1) is 10.1. The van der Waals surface area contributed by atoms with Gasteiger partial charge in [0.15, 0.2) is 0 Å². The van der Waals surface area contributed by atoms with Gasteiger partial charge in [0.2, 0.25) is 5.78 Å². The standard InChI is InChI=1S/C15H11Br2NO2S/c1-2-20-11-5-3-4-10-13(11)8(7-18-10)14(19)12-6-9(16)15(17)21-12/h3-7,18H,2H2,1H3. The minimum Gasteiger partial charge on any atom is -0.493 e. The molecule has 6 heteroatoms. The lowest BCUT2D eigenvalue weighted by Gasteiger charge is -2.06. The summed E-state index contributed by atoms with van der Waals surface area (Å²) in [4.78, 5) is 16.6. The topological polar surface area (TPSA) is 42.1 Å². The number of rotatable bonds is 4. The Morgan fingerprint density at radius 2 is 2.19 bits per heavy atom. The zero-order valence-corrected chi connectivity index (χ0v) is 15.1. The van der Waals surface area contributed by atoms with Crippen LogP contribution in [0, 0.1) is 0 Å². The van der Waals surface area contributed by atoms with Gasteiger partial charge in [-0.3, -0.25) is 4.79 Å². The Morgan fingerprint density at radius 3 is 2.86 bits per heavy atom. The number of carbonyl (C=O) groups excluding carboxylic acids is 1. The largest absolute Gasteiger partial charge is 0.493 e. The first-order valence-corrected chi connectivity index (χ1v) is 8.74. The molecule has 0 fully saturated rings. The third-order valence-electron chi connectivity index (χ3n) is 3.08. The maximum Gasteiger partial charge on any atom is 0.205 e. The fraction of sp³-hybridized carbons (Fsp3) is 0.133. The maximum atomic E-state index is 12.7. The highest BCUT2D eigenvalue weighted by Crippen LogP contribution is 2.36. The van der Waals surface area contributed by atoms with Crippen LogP contribution in [0.4, 0.5) is 0 Å². The molecule has 0 atom stereocenters. The number of fused-ring (bicyclic) bond motifs is 1. The summed E-state index contributed by atoms with van der Waals surface area (Å²) in [6.45, 7) is 2.49. The summed E-state index contributed by atoms with van der Waals surface area (Å²) in [6.07, 6.45) is 1.75. The van der Waals surface area contributed by atoms with Crippen LogP contribution >= 0.6 is 43.2 Å². The number of carbonyl (C=O) groups is 1. The van der Waals surface area contributed by atoms with Crippen molar-refractivity contribution in [2.24, 2.45) is 0 Å². The van der Waals surface area contributed by atoms with Crippen molar-refractivity contribution in [2.45, 2.75) is 6.92 Å². The van der Waals surface area contributed by atoms with E-state index in [9.17, 15) is 4.79 Å². The van der Waals surface area contributed by atoms with E-state index in [4.69, 9.17) is 4.74 Å². The second-order valence-electron chi connectivity index (χ2n) is 4.38. The number of halogens is 2. The Bertz CT molecular complexity index is 803. The minimum absolute atomic E-state index is 0.00944. The predicted octanol–water partition coefficient (Wildman–Crippen LogP) is 5.38. The molecule has 0 unspecified atom stereocenters. The fourth-order valence-corrected chi connectivity index (χ4v) is 4.19. The molecular formula is C15H11Br2NO2S. The molecular weight excluding hydrogens is 418 g/mol. The van der Waals surface area contributed by atoms with Gasteiger partial charge in [0.05, 0.1) is 26.2 Å². The lowest BCUT2D eigenvalue weighted by atomic mass is 10.1. The van der Waals surface area contributed by atoms with E-state index >= 15 is 0 Å². The summed E-state index contributed by atoms with van der Waals surface area (Å²) < 4.78 is 7.45. The number of aromatic nitrogens is 1. The molecule has 0 aliphatic heterocycles. The molecule has 0 bridgehead atoms. The number of ether oxygens (including phenoxy) is 1. The lowest BCUT2D eigenvalue weighted by molar-refractivity contribution is 0.104. The number of hydrogen-bond acceptors (Lipinski definition) is 3. The highest BCUT2D eigenvalue weighted by atomic mass is 79.9. The molecule has 0 saturated carbocycles. The van der Waals surface area contributed by atoms with E-state index in [2.05, 4.69) is 36.8 Å². The highest BCUT2D eigenvalue weighted by Gasteiger charge is 2.20. The van der Waals surface area contributed by atoms with Crippen molar-refractivity contribution in [3.63, 3.8) is 0 Å². The first kappa shape index (κ1) is 14.8. The second-order valence-corrected chi connectivity index (χ2v) is 7.60. The van der Waals surface area contributed by atoms with Crippen LogP contribution < -0.4 is 4.74 Å². The predicted molar refractivity (Wildman–Crippen MR) is 92.6 cm³/mol. The Morgan fingerprint density at radius 1 is 1.38 bits per heavy atom. The van der Waals surface area contributed by atoms with E-state index in [1.807, 2.05) is 31.2 Å². The molecule has 3 aromatic rings. The number of aromatic amines is 1. The number of nitrogens with one attached hydrogen (secondary N) is 1. The summed E-state index contributed by atoms with van der Waals surface area (Å²) in [7, 11) is 0. The molecule has 0 aliphatic rings. The van der Waals surface area contributed by atoms with Crippen molar-refractivity contribution in [1.82, 2.24) is 4.98 Å². The SMILES string of the molecule is CCOc1cccc2[nH]cc(C(=O)c3cc(Br)c(Br)s3)c12. The number of H-pyrrole nitrogens is 1. The van der Waals surface area contributed by atoms with Gasteiger partial charge in [-0.2, -0.15) is 0 Å². The monoisotopic (exact) mass is 427 g/mol. The van der Waals surface area contributed by atoms with Crippen LogP contribution in [-0.2, 0) is 0 Å². The second kappa shape index (κ2) is 5.94. The van der Waals surface area contributed by atoms with Crippen LogP contribution in [0.15, 0.2) is 38.7 Å². The zero-order chi connectivity index (χ0) is 15.0. The van der Waals surface area contributed by atoms with Crippen LogP contribution in [0.25, 0.3) is 10.9 Å². The van der Waals surface area contributed by atoms with Gasteiger partial charge < -0.3 is 9.72 Å². The molecule has 0 spiro atoms. The number of ketones is 1. The number of benzene rings is 1. The number of hydrogen-bond donors (Lipinski definition) is 1. The minimum atomic E-state index is -0.00944. The molecule has 1 N–H and O–H groups in total. The van der Waals surface area contributed by atoms with Gasteiger partial charge in [0.1, 0.15) is 5.75 Å². The first-order valence-electron chi connectivity index (χ1n) is 6.34. The lowest BCUT2D eigenvalue weighted by Crippen LogP contribution is -1.99. The van der Waals surface area contributed by atoms with Crippen molar-refractivity contribution >= 4 is 59.9 Å². The molecule has 0 saturated heterocycles. The summed E-state index contributed by atoms with van der Waals surface area (Å²) in [6, 6.07) is 7.57. The van der Waals surface area contributed by atoms with E-state index in [0.717, 1.165) is 24.9 Å². The quantitative estimate of drug-likeness (QED) is 0.566. The van der Waals surface area contributed by atoms with E-state index in [0.29, 0.717) is 17.0 Å². The van der Waals surface area contributed by atoms with Crippen LogP contribution in [0.2, 0.25) is 0 Å². The van der Waals surface area contributed by atoms with Gasteiger partial charge in [0, 0.05) is 16.2 Å². The molecule has 2 heterocycles. The molecule has 3 nitrogen and oxygen atoms in total. The van der Waals surface area contributed by atoms with Gasteiger partial charge in [-0.25, -0.2) is 0 Å². The Labute approximate surface area is 142 Å². The summed E-state index contributed by atoms with van der Waals surface area (Å²) in [5.74, 6) is 0.721. The van der Waals surface area contributed by atoms with Gasteiger partial charge >= 0.3 is 0 Å². The van der Waals surface area contributed by atoms with E-state index in [-0.39, 0.29) is 5.78 Å². The third kappa shape index (κ3) is 2.67. The molecule has 21 heavy (non-hydrogen) atoms. The van der Waals surface area contributed by atoms with E-state index in [1.165, 1.54) is 11.3 Å². The molecule has 3 rings (SSSR count). The highest BCUT2D eigenvalue weighted by molar-refractivity contribution is 9.13. The van der Waals surface area contributed by atoms with Crippen molar-refractivity contribution < 1.29 is 9.53 Å². The third-order valence-corrected chi connectivity index (χ3v) is 6.34. The normalized spacial score (nSPS) is 11.0. The van der Waals surface area contributed by atoms with Crippen LogP contribution in [-0.4, -0.2) is 17.4 Å². The molecule has 108 valence electrons. The van der Waals surface area contributed by atoms with Gasteiger partial charge in [-0.1, -0.05) is 6.07 Å². The van der Waals surface area contributed by atoms with Crippen LogP contribution in [0.5, 0.6) is 5.75 Å². The summed E-state index contributed by atoms with van der Waals surface area (Å²) >= 11 is 8.25. The summed E-state index contributed by atoms with van der Waals surface area (Å²) in [5, 5.41) is 0.838. The van der Waals surface area contributed by atoms with Crippen LogP contribution in [0.1, 0.15) is 22.2 Å². The molecule has 1 aromatic carbocycles. The molecule has 0 aliphatic carbocycles. The Hall–Kier alpha value is -1.11. The Balaban J connectivity index is 2.13. The van der Waals surface area contributed by atoms with Gasteiger partial charge in [-0.05, 0) is 57.0 Å². The van der Waals surface area contributed by atoms with Gasteiger partial charge in [0.25, 0.3) is 0 Å². The number of thiophene rings is 1. The Kier molecular flexibility index (Phi) is 4.19. The van der Waals surface area contributed by atoms with E-state index < -0.39 is 0 Å². The average molecular weight is 429 g/mol. The van der Waals surface area contributed by atoms with Crippen LogP contribution in [0.3, 0.4) is 0 Å². The maximum absolute atomic E-state index is 12.7. The van der Waals surface area contributed by atoms with Crippen molar-refractivity contribution in [3.05, 3.63) is 49.2 Å². The summed E-state index contributed by atoms with van der Waals surface area (Å²) in [5.41, 5.74) is 1.54. The van der Waals surface area contributed by atoms with Crippen molar-refractivity contribution in [2.75, 3.05) is 6.61 Å². The smallest absolute Gasteiger partial charge is 0.205 e. The fourth-order valence-electron chi connectivity index (χ4n) is 2.20. The van der Waals surface area contributed by atoms with E-state index in [1.54, 1.807) is 6.20 Å². The van der Waals surface area contributed by atoms with Crippen molar-refractivity contribution in [3.8, 4) is 5.75 Å². The molecule has 0 amide bonds.